The maximum absolute atomic E-state index is 12.4. The number of nitrogens with one attached hydrogen (secondary N) is 1. The molecule has 110 valence electrons. The lowest BCUT2D eigenvalue weighted by atomic mass is 9.84. The van der Waals surface area contributed by atoms with E-state index < -0.39 is 0 Å². The van der Waals surface area contributed by atoms with Gasteiger partial charge in [-0.2, -0.15) is 0 Å². The van der Waals surface area contributed by atoms with Crippen LogP contribution >= 0.6 is 12.4 Å². The topological polar surface area (TPSA) is 55.1 Å². The number of rotatable bonds is 3. The monoisotopic (exact) mass is 286 g/mol. The van der Waals surface area contributed by atoms with E-state index in [1.807, 2.05) is 0 Å². The van der Waals surface area contributed by atoms with Gasteiger partial charge in [-0.1, -0.05) is 12.8 Å². The number of halogens is 1. The average molecular weight is 287 g/mol. The molecule has 0 aromatic rings. The molecule has 0 radical (unpaired) electrons. The van der Waals surface area contributed by atoms with Crippen molar-refractivity contribution in [3.63, 3.8) is 0 Å². The van der Waals surface area contributed by atoms with Crippen LogP contribution in [0, 0.1) is 23.7 Å². The molecule has 3 fully saturated rings. The Hall–Kier alpha value is -0.280. The number of hydrogen-bond acceptors (Lipinski definition) is 2. The van der Waals surface area contributed by atoms with Gasteiger partial charge in [0.2, 0.25) is 5.91 Å². The second-order valence-corrected chi connectivity index (χ2v) is 6.78. The Labute approximate surface area is 122 Å². The molecule has 3 rings (SSSR count). The van der Waals surface area contributed by atoms with E-state index >= 15 is 0 Å². The SMILES string of the molecule is CC(NC(=O)C1C2CCC(C2)C1N)C1CCCC1.Cl. The normalized spacial score (nSPS) is 39.1. The molecule has 0 aromatic heterocycles. The second kappa shape index (κ2) is 6.01. The van der Waals surface area contributed by atoms with Crippen LogP contribution in [0.3, 0.4) is 0 Å². The van der Waals surface area contributed by atoms with Gasteiger partial charge in [-0.15, -0.1) is 12.4 Å². The predicted molar refractivity (Wildman–Crippen MR) is 79.1 cm³/mol. The molecule has 2 bridgehead atoms. The van der Waals surface area contributed by atoms with E-state index in [2.05, 4.69) is 12.2 Å². The van der Waals surface area contributed by atoms with E-state index in [0.717, 1.165) is 0 Å². The third kappa shape index (κ3) is 2.78. The lowest BCUT2D eigenvalue weighted by Crippen LogP contribution is -2.48. The molecule has 3 nitrogen and oxygen atoms in total. The predicted octanol–water partition coefficient (Wildman–Crippen LogP) is 2.48. The van der Waals surface area contributed by atoms with Gasteiger partial charge < -0.3 is 11.1 Å². The number of hydrogen-bond donors (Lipinski definition) is 2. The van der Waals surface area contributed by atoms with E-state index in [9.17, 15) is 4.79 Å². The van der Waals surface area contributed by atoms with E-state index in [0.29, 0.717) is 23.8 Å². The van der Waals surface area contributed by atoms with E-state index in [-0.39, 0.29) is 30.3 Å². The van der Waals surface area contributed by atoms with Crippen molar-refractivity contribution < 1.29 is 4.79 Å². The van der Waals surface area contributed by atoms with Crippen LogP contribution in [0.15, 0.2) is 0 Å². The Morgan fingerprint density at radius 3 is 2.37 bits per heavy atom. The van der Waals surface area contributed by atoms with Gasteiger partial charge in [0, 0.05) is 12.1 Å². The fourth-order valence-electron chi connectivity index (χ4n) is 4.62. The summed E-state index contributed by atoms with van der Waals surface area (Å²) in [6.45, 7) is 2.17. The Balaban J connectivity index is 0.00000133. The Morgan fingerprint density at radius 2 is 1.79 bits per heavy atom. The first-order valence-corrected chi connectivity index (χ1v) is 7.72. The number of carbonyl (C=O) groups is 1. The van der Waals surface area contributed by atoms with Crippen molar-refractivity contribution in [1.82, 2.24) is 5.32 Å². The van der Waals surface area contributed by atoms with Gasteiger partial charge in [0.25, 0.3) is 0 Å². The molecule has 19 heavy (non-hydrogen) atoms. The van der Waals surface area contributed by atoms with E-state index in [1.165, 1.54) is 44.9 Å². The minimum atomic E-state index is 0. The van der Waals surface area contributed by atoms with E-state index in [1.54, 1.807) is 0 Å². The molecule has 3 saturated carbocycles. The summed E-state index contributed by atoms with van der Waals surface area (Å²) in [5.41, 5.74) is 6.23. The molecular weight excluding hydrogens is 260 g/mol. The highest BCUT2D eigenvalue weighted by Crippen LogP contribution is 2.47. The van der Waals surface area contributed by atoms with Crippen molar-refractivity contribution in [3.05, 3.63) is 0 Å². The first-order valence-electron chi connectivity index (χ1n) is 7.72. The lowest BCUT2D eigenvalue weighted by Gasteiger charge is -2.29. The van der Waals surface area contributed by atoms with Crippen LogP contribution in [0.1, 0.15) is 51.9 Å². The van der Waals surface area contributed by atoms with Gasteiger partial charge in [0.05, 0.1) is 5.92 Å². The molecule has 3 aliphatic carbocycles. The van der Waals surface area contributed by atoms with Crippen molar-refractivity contribution in [2.45, 2.75) is 64.0 Å². The smallest absolute Gasteiger partial charge is 0.225 e. The third-order valence-corrected chi connectivity index (χ3v) is 5.76. The summed E-state index contributed by atoms with van der Waals surface area (Å²) in [6, 6.07) is 0.464. The minimum Gasteiger partial charge on any atom is -0.353 e. The zero-order valence-electron chi connectivity index (χ0n) is 11.8. The molecule has 0 saturated heterocycles. The molecule has 3 aliphatic rings. The van der Waals surface area contributed by atoms with Crippen LogP contribution in [-0.4, -0.2) is 18.0 Å². The molecule has 0 aromatic carbocycles. The molecular formula is C15H27ClN2O. The summed E-state index contributed by atoms with van der Waals surface area (Å²) >= 11 is 0. The summed E-state index contributed by atoms with van der Waals surface area (Å²) < 4.78 is 0. The summed E-state index contributed by atoms with van der Waals surface area (Å²) in [5.74, 6) is 2.23. The average Bonchev–Trinajstić information content (AvgIpc) is 3.05. The Bertz CT molecular complexity index is 328. The van der Waals surface area contributed by atoms with Gasteiger partial charge in [0.15, 0.2) is 0 Å². The fraction of sp³-hybridized carbons (Fsp3) is 0.933. The van der Waals surface area contributed by atoms with Crippen LogP contribution in [0.2, 0.25) is 0 Å². The van der Waals surface area contributed by atoms with Gasteiger partial charge >= 0.3 is 0 Å². The molecule has 3 N–H and O–H groups in total. The zero-order chi connectivity index (χ0) is 12.7. The summed E-state index contributed by atoms with van der Waals surface area (Å²) in [7, 11) is 0. The molecule has 0 heterocycles. The molecule has 4 heteroatoms. The van der Waals surface area contributed by atoms with Gasteiger partial charge in [0.1, 0.15) is 0 Å². The molecule has 5 unspecified atom stereocenters. The largest absolute Gasteiger partial charge is 0.353 e. The standard InChI is InChI=1S/C15H26N2O.ClH/c1-9(10-4-2-3-5-10)17-15(18)13-11-6-7-12(8-11)14(13)16;/h9-14H,2-8,16H2,1H3,(H,17,18);1H. The van der Waals surface area contributed by atoms with Gasteiger partial charge in [-0.05, 0) is 56.8 Å². The van der Waals surface area contributed by atoms with Crippen LogP contribution in [0.25, 0.3) is 0 Å². The van der Waals surface area contributed by atoms with Crippen molar-refractivity contribution in [2.75, 3.05) is 0 Å². The maximum atomic E-state index is 12.4. The maximum Gasteiger partial charge on any atom is 0.225 e. The molecule has 5 atom stereocenters. The Kier molecular flexibility index (Phi) is 4.78. The third-order valence-electron chi connectivity index (χ3n) is 5.76. The first kappa shape index (κ1) is 15.1. The van der Waals surface area contributed by atoms with Crippen LogP contribution < -0.4 is 11.1 Å². The number of carbonyl (C=O) groups excluding carboxylic acids is 1. The number of fused-ring (bicyclic) bond motifs is 2. The van der Waals surface area contributed by atoms with Gasteiger partial charge in [-0.25, -0.2) is 0 Å². The van der Waals surface area contributed by atoms with Crippen LogP contribution in [-0.2, 0) is 4.79 Å². The fourth-order valence-corrected chi connectivity index (χ4v) is 4.62. The van der Waals surface area contributed by atoms with Crippen LogP contribution in [0.5, 0.6) is 0 Å². The van der Waals surface area contributed by atoms with Gasteiger partial charge in [-0.3, -0.25) is 4.79 Å². The zero-order valence-corrected chi connectivity index (χ0v) is 12.6. The summed E-state index contributed by atoms with van der Waals surface area (Å²) in [4.78, 5) is 12.4. The highest BCUT2D eigenvalue weighted by molar-refractivity contribution is 5.85. The second-order valence-electron chi connectivity index (χ2n) is 6.78. The number of nitrogens with two attached hydrogens (primary N) is 1. The minimum absolute atomic E-state index is 0. The van der Waals surface area contributed by atoms with Crippen molar-refractivity contribution in [3.8, 4) is 0 Å². The quantitative estimate of drug-likeness (QED) is 0.837. The summed E-state index contributed by atoms with van der Waals surface area (Å²) in [6.07, 6.45) is 8.88. The first-order chi connectivity index (χ1) is 8.66. The molecule has 0 aliphatic heterocycles. The van der Waals surface area contributed by atoms with Crippen molar-refractivity contribution in [2.24, 2.45) is 29.4 Å². The lowest BCUT2D eigenvalue weighted by molar-refractivity contribution is -0.128. The number of amides is 1. The summed E-state index contributed by atoms with van der Waals surface area (Å²) in [5, 5.41) is 3.26. The van der Waals surface area contributed by atoms with Crippen LogP contribution in [0.4, 0.5) is 0 Å². The van der Waals surface area contributed by atoms with Crippen molar-refractivity contribution in [1.29, 1.82) is 0 Å². The van der Waals surface area contributed by atoms with Crippen molar-refractivity contribution >= 4 is 18.3 Å². The highest BCUT2D eigenvalue weighted by Gasteiger charge is 2.49. The highest BCUT2D eigenvalue weighted by atomic mass is 35.5. The van der Waals surface area contributed by atoms with E-state index in [4.69, 9.17) is 5.73 Å². The molecule has 0 spiro atoms. The molecule has 1 amide bonds. The Morgan fingerprint density at radius 1 is 1.16 bits per heavy atom.